The van der Waals surface area contributed by atoms with Crippen LogP contribution >= 0.6 is 0 Å². The van der Waals surface area contributed by atoms with Crippen LogP contribution in [0.5, 0.6) is 5.75 Å². The predicted octanol–water partition coefficient (Wildman–Crippen LogP) is 3.81. The lowest BCUT2D eigenvalue weighted by Gasteiger charge is -2.35. The first-order chi connectivity index (χ1) is 14.6. The first-order valence-corrected chi connectivity index (χ1v) is 9.96. The molecule has 1 aliphatic rings. The lowest BCUT2D eigenvalue weighted by molar-refractivity contribution is 0.208. The number of amides is 2. The molecular weight excluding hydrogens is 378 g/mol. The van der Waals surface area contributed by atoms with E-state index >= 15 is 0 Å². The van der Waals surface area contributed by atoms with Crippen molar-refractivity contribution in [2.75, 3.05) is 43.5 Å². The van der Waals surface area contributed by atoms with Crippen molar-refractivity contribution in [2.24, 2.45) is 0 Å². The van der Waals surface area contributed by atoms with Gasteiger partial charge in [-0.15, -0.1) is 0 Å². The van der Waals surface area contributed by atoms with E-state index < -0.39 is 0 Å². The maximum atomic E-state index is 12.6. The molecule has 2 heterocycles. The Hall–Kier alpha value is -3.61. The van der Waals surface area contributed by atoms with Gasteiger partial charge in [0.05, 0.1) is 12.8 Å². The third-order valence-corrected chi connectivity index (χ3v) is 5.20. The van der Waals surface area contributed by atoms with Gasteiger partial charge >= 0.3 is 6.03 Å². The summed E-state index contributed by atoms with van der Waals surface area (Å²) in [7, 11) is 1.62. The molecule has 1 fully saturated rings. The quantitative estimate of drug-likeness (QED) is 0.717. The standard InChI is InChI=1S/C23H25N5O2/c1-17-4-3-5-18(14-17)21-15-22(25-16-24-21)27-10-12-28(13-11-27)23(29)26-19-6-8-20(30-2)9-7-19/h3-9,14-16H,10-13H2,1-2H3,(H,26,29). The Morgan fingerprint density at radius 1 is 1.00 bits per heavy atom. The van der Waals surface area contributed by atoms with E-state index in [0.717, 1.165) is 41.6 Å². The van der Waals surface area contributed by atoms with Crippen molar-refractivity contribution in [2.45, 2.75) is 6.92 Å². The van der Waals surface area contributed by atoms with E-state index in [1.54, 1.807) is 13.4 Å². The fourth-order valence-electron chi connectivity index (χ4n) is 3.50. The van der Waals surface area contributed by atoms with Gasteiger partial charge in [0.2, 0.25) is 0 Å². The highest BCUT2D eigenvalue weighted by molar-refractivity contribution is 5.89. The van der Waals surface area contributed by atoms with Crippen molar-refractivity contribution < 1.29 is 9.53 Å². The molecule has 2 amide bonds. The van der Waals surface area contributed by atoms with Crippen LogP contribution in [0, 0.1) is 6.92 Å². The van der Waals surface area contributed by atoms with Crippen molar-refractivity contribution in [3.63, 3.8) is 0 Å². The highest BCUT2D eigenvalue weighted by atomic mass is 16.5. The molecule has 0 radical (unpaired) electrons. The molecule has 7 heteroatoms. The minimum Gasteiger partial charge on any atom is -0.497 e. The lowest BCUT2D eigenvalue weighted by Crippen LogP contribution is -2.50. The zero-order valence-electron chi connectivity index (χ0n) is 17.2. The average Bonchev–Trinajstić information content (AvgIpc) is 2.80. The number of rotatable bonds is 4. The summed E-state index contributed by atoms with van der Waals surface area (Å²) in [6, 6.07) is 17.5. The molecule has 30 heavy (non-hydrogen) atoms. The molecular formula is C23H25N5O2. The smallest absolute Gasteiger partial charge is 0.321 e. The fourth-order valence-corrected chi connectivity index (χ4v) is 3.50. The van der Waals surface area contributed by atoms with Gasteiger partial charge in [-0.05, 0) is 37.3 Å². The van der Waals surface area contributed by atoms with Gasteiger partial charge in [-0.1, -0.05) is 23.8 Å². The number of methoxy groups -OCH3 is 1. The number of aromatic nitrogens is 2. The number of urea groups is 1. The zero-order chi connectivity index (χ0) is 20.9. The Bertz CT molecular complexity index is 1010. The summed E-state index contributed by atoms with van der Waals surface area (Å²) >= 11 is 0. The lowest BCUT2D eigenvalue weighted by atomic mass is 10.1. The Labute approximate surface area is 176 Å². The number of carbonyl (C=O) groups is 1. The highest BCUT2D eigenvalue weighted by Gasteiger charge is 2.22. The Morgan fingerprint density at radius 2 is 1.77 bits per heavy atom. The van der Waals surface area contributed by atoms with E-state index in [4.69, 9.17) is 4.74 Å². The second-order valence-electron chi connectivity index (χ2n) is 7.26. The summed E-state index contributed by atoms with van der Waals surface area (Å²) in [5.41, 5.74) is 3.94. The molecule has 0 bridgehead atoms. The predicted molar refractivity (Wildman–Crippen MR) is 118 cm³/mol. The van der Waals surface area contributed by atoms with Crippen LogP contribution in [-0.4, -0.2) is 54.2 Å². The van der Waals surface area contributed by atoms with E-state index in [0.29, 0.717) is 13.1 Å². The molecule has 1 aliphatic heterocycles. The van der Waals surface area contributed by atoms with Crippen LogP contribution in [0.1, 0.15) is 5.56 Å². The van der Waals surface area contributed by atoms with Crippen LogP contribution in [-0.2, 0) is 0 Å². The molecule has 3 aromatic rings. The molecule has 154 valence electrons. The van der Waals surface area contributed by atoms with Crippen LogP contribution in [0.3, 0.4) is 0 Å². The van der Waals surface area contributed by atoms with E-state index in [-0.39, 0.29) is 6.03 Å². The topological polar surface area (TPSA) is 70.6 Å². The molecule has 7 nitrogen and oxygen atoms in total. The number of nitrogens with one attached hydrogen (secondary N) is 1. The first-order valence-electron chi connectivity index (χ1n) is 9.96. The van der Waals surface area contributed by atoms with Gasteiger partial charge in [0.15, 0.2) is 0 Å². The van der Waals surface area contributed by atoms with Crippen LogP contribution in [0.25, 0.3) is 11.3 Å². The maximum Gasteiger partial charge on any atom is 0.321 e. The maximum absolute atomic E-state index is 12.6. The van der Waals surface area contributed by atoms with Crippen molar-refractivity contribution in [1.82, 2.24) is 14.9 Å². The molecule has 2 aromatic carbocycles. The van der Waals surface area contributed by atoms with Gasteiger partial charge < -0.3 is 19.9 Å². The third-order valence-electron chi connectivity index (χ3n) is 5.20. The van der Waals surface area contributed by atoms with Gasteiger partial charge in [-0.2, -0.15) is 0 Å². The summed E-state index contributed by atoms with van der Waals surface area (Å²) in [4.78, 5) is 25.5. The normalized spacial score (nSPS) is 13.8. The molecule has 1 N–H and O–H groups in total. The zero-order valence-corrected chi connectivity index (χ0v) is 17.2. The van der Waals surface area contributed by atoms with Crippen LogP contribution in [0.15, 0.2) is 60.9 Å². The number of hydrogen-bond acceptors (Lipinski definition) is 5. The summed E-state index contributed by atoms with van der Waals surface area (Å²) in [6.07, 6.45) is 1.61. The van der Waals surface area contributed by atoms with Gasteiger partial charge in [-0.25, -0.2) is 14.8 Å². The molecule has 0 aliphatic carbocycles. The number of hydrogen-bond donors (Lipinski definition) is 1. The highest BCUT2D eigenvalue weighted by Crippen LogP contribution is 2.22. The molecule has 1 aromatic heterocycles. The number of benzene rings is 2. The molecule has 0 saturated carbocycles. The van der Waals surface area contributed by atoms with Gasteiger partial charge in [0.1, 0.15) is 17.9 Å². The Morgan fingerprint density at radius 3 is 2.47 bits per heavy atom. The number of anilines is 2. The molecule has 0 atom stereocenters. The van der Waals surface area contributed by atoms with Crippen molar-refractivity contribution >= 4 is 17.5 Å². The van der Waals surface area contributed by atoms with Crippen LogP contribution in [0.4, 0.5) is 16.3 Å². The van der Waals surface area contributed by atoms with Crippen molar-refractivity contribution in [3.05, 3.63) is 66.5 Å². The molecule has 1 saturated heterocycles. The second-order valence-corrected chi connectivity index (χ2v) is 7.26. The van der Waals surface area contributed by atoms with Crippen LogP contribution in [0.2, 0.25) is 0 Å². The minimum absolute atomic E-state index is 0.0945. The number of ether oxygens (including phenoxy) is 1. The summed E-state index contributed by atoms with van der Waals surface area (Å²) in [6.45, 7) is 4.78. The molecule has 0 spiro atoms. The minimum atomic E-state index is -0.0945. The average molecular weight is 403 g/mol. The fraction of sp³-hybridized carbons (Fsp3) is 0.261. The largest absolute Gasteiger partial charge is 0.497 e. The van der Waals surface area contributed by atoms with Crippen molar-refractivity contribution in [3.8, 4) is 17.0 Å². The molecule has 0 unspecified atom stereocenters. The van der Waals surface area contributed by atoms with E-state index in [1.807, 2.05) is 41.3 Å². The van der Waals surface area contributed by atoms with Gasteiger partial charge in [0, 0.05) is 43.5 Å². The summed E-state index contributed by atoms with van der Waals surface area (Å²) in [5, 5.41) is 2.94. The van der Waals surface area contributed by atoms with E-state index in [1.165, 1.54) is 5.56 Å². The summed E-state index contributed by atoms with van der Waals surface area (Å²) in [5.74, 6) is 1.65. The Kier molecular flexibility index (Phi) is 5.79. The van der Waals surface area contributed by atoms with E-state index in [2.05, 4.69) is 45.3 Å². The second kappa shape index (κ2) is 8.82. The van der Waals surface area contributed by atoms with Gasteiger partial charge in [-0.3, -0.25) is 0 Å². The van der Waals surface area contributed by atoms with E-state index in [9.17, 15) is 4.79 Å². The molecule has 4 rings (SSSR count). The van der Waals surface area contributed by atoms with Gasteiger partial charge in [0.25, 0.3) is 0 Å². The number of nitrogens with zero attached hydrogens (tertiary/aromatic N) is 4. The number of piperazine rings is 1. The summed E-state index contributed by atoms with van der Waals surface area (Å²) < 4.78 is 5.15. The van der Waals surface area contributed by atoms with Crippen LogP contribution < -0.4 is 15.0 Å². The first kappa shape index (κ1) is 19.7. The number of aryl methyl sites for hydroxylation is 1. The Balaban J connectivity index is 1.37. The van der Waals surface area contributed by atoms with Crippen molar-refractivity contribution in [1.29, 1.82) is 0 Å². The SMILES string of the molecule is COc1ccc(NC(=O)N2CCN(c3cc(-c4cccc(C)c4)ncn3)CC2)cc1. The third kappa shape index (κ3) is 4.51. The number of carbonyl (C=O) groups excluding carboxylic acids is 1. The monoisotopic (exact) mass is 403 g/mol.